The van der Waals surface area contributed by atoms with Crippen molar-refractivity contribution in [3.63, 3.8) is 0 Å². The summed E-state index contributed by atoms with van der Waals surface area (Å²) in [5.74, 6) is 1.56. The SMILES string of the molecule is CCc1nc(-c2ccc(N)cc2)oc1C. The van der Waals surface area contributed by atoms with E-state index in [4.69, 9.17) is 10.2 Å². The molecule has 1 aromatic heterocycles. The number of hydrogen-bond acceptors (Lipinski definition) is 3. The molecule has 2 rings (SSSR count). The molecule has 0 saturated heterocycles. The summed E-state index contributed by atoms with van der Waals surface area (Å²) < 4.78 is 5.58. The van der Waals surface area contributed by atoms with Crippen LogP contribution in [0.3, 0.4) is 0 Å². The Labute approximate surface area is 88.9 Å². The number of benzene rings is 1. The van der Waals surface area contributed by atoms with E-state index in [0.29, 0.717) is 5.89 Å². The van der Waals surface area contributed by atoms with Crippen molar-refractivity contribution in [2.45, 2.75) is 20.3 Å². The highest BCUT2D eigenvalue weighted by Gasteiger charge is 2.09. The average molecular weight is 202 g/mol. The summed E-state index contributed by atoms with van der Waals surface area (Å²) in [4.78, 5) is 4.42. The predicted octanol–water partition coefficient (Wildman–Crippen LogP) is 2.79. The van der Waals surface area contributed by atoms with Gasteiger partial charge >= 0.3 is 0 Å². The first-order valence-electron chi connectivity index (χ1n) is 5.03. The molecule has 2 N–H and O–H groups in total. The zero-order valence-electron chi connectivity index (χ0n) is 8.95. The van der Waals surface area contributed by atoms with Crippen LogP contribution in [-0.4, -0.2) is 4.98 Å². The molecule has 0 spiro atoms. The highest BCUT2D eigenvalue weighted by Crippen LogP contribution is 2.22. The topological polar surface area (TPSA) is 52.0 Å². The molecule has 3 nitrogen and oxygen atoms in total. The summed E-state index contributed by atoms with van der Waals surface area (Å²) >= 11 is 0. The van der Waals surface area contributed by atoms with E-state index in [1.54, 1.807) is 0 Å². The number of nitrogens with zero attached hydrogens (tertiary/aromatic N) is 1. The summed E-state index contributed by atoms with van der Waals surface area (Å²) in [6, 6.07) is 7.53. The number of oxazole rings is 1. The second-order valence-electron chi connectivity index (χ2n) is 3.50. The Bertz CT molecular complexity index is 457. The number of hydrogen-bond donors (Lipinski definition) is 1. The zero-order valence-corrected chi connectivity index (χ0v) is 8.95. The molecule has 0 aliphatic rings. The van der Waals surface area contributed by atoms with Gasteiger partial charge in [-0.05, 0) is 37.6 Å². The largest absolute Gasteiger partial charge is 0.441 e. The van der Waals surface area contributed by atoms with E-state index in [1.807, 2.05) is 31.2 Å². The van der Waals surface area contributed by atoms with Gasteiger partial charge < -0.3 is 10.2 Å². The summed E-state index contributed by atoms with van der Waals surface area (Å²) in [5.41, 5.74) is 8.34. The summed E-state index contributed by atoms with van der Waals surface area (Å²) in [6.45, 7) is 4.00. The van der Waals surface area contributed by atoms with Gasteiger partial charge in [0.1, 0.15) is 5.76 Å². The van der Waals surface area contributed by atoms with Gasteiger partial charge in [-0.3, -0.25) is 0 Å². The number of nitrogens with two attached hydrogens (primary N) is 1. The van der Waals surface area contributed by atoms with Crippen LogP contribution in [0, 0.1) is 6.92 Å². The van der Waals surface area contributed by atoms with E-state index in [-0.39, 0.29) is 0 Å². The van der Waals surface area contributed by atoms with Crippen LogP contribution in [0.5, 0.6) is 0 Å². The lowest BCUT2D eigenvalue weighted by Crippen LogP contribution is -1.85. The standard InChI is InChI=1S/C12H14N2O/c1-3-11-8(2)15-12(14-11)9-4-6-10(13)7-5-9/h4-7H,3,13H2,1-2H3. The number of rotatable bonds is 2. The van der Waals surface area contributed by atoms with Gasteiger partial charge in [-0.25, -0.2) is 4.98 Å². The molecule has 2 aromatic rings. The number of aromatic nitrogens is 1. The van der Waals surface area contributed by atoms with E-state index in [1.165, 1.54) is 0 Å². The Kier molecular flexibility index (Phi) is 2.46. The minimum absolute atomic E-state index is 0.671. The van der Waals surface area contributed by atoms with Crippen molar-refractivity contribution >= 4 is 5.69 Å². The molecule has 0 radical (unpaired) electrons. The molecule has 0 aliphatic carbocycles. The minimum atomic E-state index is 0.671. The molecule has 1 aromatic carbocycles. The van der Waals surface area contributed by atoms with E-state index in [2.05, 4.69) is 11.9 Å². The molecule has 0 fully saturated rings. The zero-order chi connectivity index (χ0) is 10.8. The first kappa shape index (κ1) is 9.77. The summed E-state index contributed by atoms with van der Waals surface area (Å²) in [5, 5.41) is 0. The third kappa shape index (κ3) is 1.86. The molecule has 0 saturated carbocycles. The molecular formula is C12H14N2O. The maximum atomic E-state index is 5.62. The smallest absolute Gasteiger partial charge is 0.226 e. The molecular weight excluding hydrogens is 188 g/mol. The average Bonchev–Trinajstić information content (AvgIpc) is 2.61. The normalized spacial score (nSPS) is 10.5. The van der Waals surface area contributed by atoms with Gasteiger partial charge in [0.2, 0.25) is 5.89 Å². The lowest BCUT2D eigenvalue weighted by molar-refractivity contribution is 0.540. The van der Waals surface area contributed by atoms with Crippen LogP contribution in [0.2, 0.25) is 0 Å². The van der Waals surface area contributed by atoms with Gasteiger partial charge in [-0.1, -0.05) is 6.92 Å². The highest BCUT2D eigenvalue weighted by molar-refractivity contribution is 5.57. The quantitative estimate of drug-likeness (QED) is 0.762. The van der Waals surface area contributed by atoms with Crippen LogP contribution in [0.15, 0.2) is 28.7 Å². The molecule has 0 atom stereocenters. The number of nitrogen functional groups attached to an aromatic ring is 1. The first-order valence-corrected chi connectivity index (χ1v) is 5.03. The van der Waals surface area contributed by atoms with E-state index >= 15 is 0 Å². The Morgan fingerprint density at radius 2 is 1.93 bits per heavy atom. The number of anilines is 1. The molecule has 3 heteroatoms. The van der Waals surface area contributed by atoms with Gasteiger partial charge in [-0.2, -0.15) is 0 Å². The Morgan fingerprint density at radius 1 is 1.27 bits per heavy atom. The van der Waals surface area contributed by atoms with Gasteiger partial charge in [0.05, 0.1) is 5.69 Å². The third-order valence-electron chi connectivity index (χ3n) is 2.39. The van der Waals surface area contributed by atoms with Crippen molar-refractivity contribution in [2.75, 3.05) is 5.73 Å². The van der Waals surface area contributed by atoms with E-state index in [0.717, 1.165) is 29.1 Å². The number of aryl methyl sites for hydroxylation is 2. The Balaban J connectivity index is 2.41. The molecule has 0 bridgehead atoms. The minimum Gasteiger partial charge on any atom is -0.441 e. The lowest BCUT2D eigenvalue weighted by Gasteiger charge is -1.95. The van der Waals surface area contributed by atoms with Crippen molar-refractivity contribution in [1.29, 1.82) is 0 Å². The maximum absolute atomic E-state index is 5.62. The van der Waals surface area contributed by atoms with Crippen LogP contribution in [-0.2, 0) is 6.42 Å². The van der Waals surface area contributed by atoms with Crippen molar-refractivity contribution in [2.24, 2.45) is 0 Å². The second-order valence-corrected chi connectivity index (χ2v) is 3.50. The van der Waals surface area contributed by atoms with Gasteiger partial charge in [0, 0.05) is 11.3 Å². The van der Waals surface area contributed by atoms with Crippen molar-refractivity contribution in [3.05, 3.63) is 35.7 Å². The predicted molar refractivity (Wildman–Crippen MR) is 60.5 cm³/mol. The first-order chi connectivity index (χ1) is 7.20. The van der Waals surface area contributed by atoms with Crippen molar-refractivity contribution in [3.8, 4) is 11.5 Å². The molecule has 0 unspecified atom stereocenters. The van der Waals surface area contributed by atoms with Crippen LogP contribution in [0.1, 0.15) is 18.4 Å². The third-order valence-corrected chi connectivity index (χ3v) is 2.39. The second kappa shape index (κ2) is 3.77. The van der Waals surface area contributed by atoms with Crippen LogP contribution < -0.4 is 5.73 Å². The fourth-order valence-electron chi connectivity index (χ4n) is 1.51. The summed E-state index contributed by atoms with van der Waals surface area (Å²) in [6.07, 6.45) is 0.893. The molecule has 0 aliphatic heterocycles. The fourth-order valence-corrected chi connectivity index (χ4v) is 1.51. The Morgan fingerprint density at radius 3 is 2.47 bits per heavy atom. The van der Waals surface area contributed by atoms with Crippen LogP contribution in [0.4, 0.5) is 5.69 Å². The van der Waals surface area contributed by atoms with Gasteiger partial charge in [0.15, 0.2) is 0 Å². The fraction of sp³-hybridized carbons (Fsp3) is 0.250. The Hall–Kier alpha value is -1.77. The van der Waals surface area contributed by atoms with Crippen LogP contribution in [0.25, 0.3) is 11.5 Å². The summed E-state index contributed by atoms with van der Waals surface area (Å²) in [7, 11) is 0. The van der Waals surface area contributed by atoms with E-state index in [9.17, 15) is 0 Å². The molecule has 15 heavy (non-hydrogen) atoms. The van der Waals surface area contributed by atoms with Crippen molar-refractivity contribution in [1.82, 2.24) is 4.98 Å². The molecule has 78 valence electrons. The van der Waals surface area contributed by atoms with Crippen molar-refractivity contribution < 1.29 is 4.42 Å². The van der Waals surface area contributed by atoms with Gasteiger partial charge in [0.25, 0.3) is 0 Å². The molecule has 1 heterocycles. The maximum Gasteiger partial charge on any atom is 0.226 e. The van der Waals surface area contributed by atoms with E-state index < -0.39 is 0 Å². The lowest BCUT2D eigenvalue weighted by atomic mass is 10.2. The van der Waals surface area contributed by atoms with Crippen LogP contribution >= 0.6 is 0 Å². The van der Waals surface area contributed by atoms with Gasteiger partial charge in [-0.15, -0.1) is 0 Å². The monoisotopic (exact) mass is 202 g/mol. The highest BCUT2D eigenvalue weighted by atomic mass is 16.4. The molecule has 0 amide bonds.